The zero-order chi connectivity index (χ0) is 13.0. The highest BCUT2D eigenvalue weighted by Gasteiger charge is 2.27. The lowest BCUT2D eigenvalue weighted by Gasteiger charge is -2.17. The zero-order valence-electron chi connectivity index (χ0n) is 10.5. The quantitative estimate of drug-likeness (QED) is 0.858. The number of methoxy groups -OCH3 is 1. The molecule has 2 unspecified atom stereocenters. The Morgan fingerprint density at radius 2 is 2.33 bits per heavy atom. The van der Waals surface area contributed by atoms with Gasteiger partial charge in [0.05, 0.1) is 7.11 Å². The highest BCUT2D eigenvalue weighted by molar-refractivity contribution is 7.12. The molecule has 0 radical (unpaired) electrons. The van der Waals surface area contributed by atoms with Gasteiger partial charge < -0.3 is 15.2 Å². The minimum Gasteiger partial charge on any atom is -0.495 e. The molecule has 1 aliphatic carbocycles. The molecule has 1 heterocycles. The van der Waals surface area contributed by atoms with Gasteiger partial charge in [0.25, 0.3) is 5.91 Å². The van der Waals surface area contributed by atoms with Crippen molar-refractivity contribution in [2.24, 2.45) is 11.8 Å². The third-order valence-electron chi connectivity index (χ3n) is 3.63. The second kappa shape index (κ2) is 6.20. The molecule has 2 N–H and O–H groups in total. The van der Waals surface area contributed by atoms with Crippen molar-refractivity contribution in [2.75, 3.05) is 20.3 Å². The smallest absolute Gasteiger partial charge is 0.265 e. The minimum absolute atomic E-state index is 0.0783. The van der Waals surface area contributed by atoms with Crippen LogP contribution in [0.2, 0.25) is 0 Å². The van der Waals surface area contributed by atoms with Crippen LogP contribution in [0.3, 0.4) is 0 Å². The summed E-state index contributed by atoms with van der Waals surface area (Å²) in [7, 11) is 1.57. The molecule has 18 heavy (non-hydrogen) atoms. The first-order chi connectivity index (χ1) is 8.76. The number of aliphatic hydroxyl groups is 1. The molecule has 0 saturated heterocycles. The predicted molar refractivity (Wildman–Crippen MR) is 71.1 cm³/mol. The standard InChI is InChI=1S/C13H19NO3S/c1-17-11-5-6-18-12(11)13(16)14-7-9-3-2-4-10(9)8-15/h5-6,9-10,15H,2-4,7-8H2,1H3,(H,14,16). The van der Waals surface area contributed by atoms with Crippen molar-refractivity contribution in [2.45, 2.75) is 19.3 Å². The first kappa shape index (κ1) is 13.4. The van der Waals surface area contributed by atoms with Crippen LogP contribution < -0.4 is 10.1 Å². The lowest BCUT2D eigenvalue weighted by molar-refractivity contribution is 0.0939. The van der Waals surface area contributed by atoms with E-state index in [0.29, 0.717) is 29.0 Å². The van der Waals surface area contributed by atoms with Gasteiger partial charge in [0.2, 0.25) is 0 Å². The number of carbonyl (C=O) groups is 1. The van der Waals surface area contributed by atoms with Crippen LogP contribution in [0.25, 0.3) is 0 Å². The summed E-state index contributed by atoms with van der Waals surface area (Å²) in [5, 5.41) is 14.0. The topological polar surface area (TPSA) is 58.6 Å². The van der Waals surface area contributed by atoms with Crippen LogP contribution in [-0.4, -0.2) is 31.3 Å². The Labute approximate surface area is 111 Å². The van der Waals surface area contributed by atoms with E-state index in [2.05, 4.69) is 5.32 Å². The van der Waals surface area contributed by atoms with Crippen LogP contribution in [0.15, 0.2) is 11.4 Å². The van der Waals surface area contributed by atoms with E-state index in [0.717, 1.165) is 19.3 Å². The Morgan fingerprint density at radius 3 is 3.06 bits per heavy atom. The van der Waals surface area contributed by atoms with E-state index in [1.54, 1.807) is 13.2 Å². The van der Waals surface area contributed by atoms with Crippen LogP contribution in [0, 0.1) is 11.8 Å². The number of hydrogen-bond donors (Lipinski definition) is 2. The van der Waals surface area contributed by atoms with Crippen molar-refractivity contribution < 1.29 is 14.6 Å². The number of amides is 1. The number of carbonyl (C=O) groups excluding carboxylic acids is 1. The highest BCUT2D eigenvalue weighted by atomic mass is 32.1. The average molecular weight is 269 g/mol. The molecule has 5 heteroatoms. The van der Waals surface area contributed by atoms with Gasteiger partial charge in [-0.2, -0.15) is 0 Å². The van der Waals surface area contributed by atoms with E-state index in [-0.39, 0.29) is 12.5 Å². The molecular weight excluding hydrogens is 250 g/mol. The van der Waals surface area contributed by atoms with Crippen LogP contribution in [0.5, 0.6) is 5.75 Å². The summed E-state index contributed by atoms with van der Waals surface area (Å²) in [4.78, 5) is 12.6. The number of hydrogen-bond acceptors (Lipinski definition) is 4. The summed E-state index contributed by atoms with van der Waals surface area (Å²) < 4.78 is 5.13. The van der Waals surface area contributed by atoms with Crippen molar-refractivity contribution in [3.63, 3.8) is 0 Å². The minimum atomic E-state index is -0.0783. The molecule has 0 spiro atoms. The summed E-state index contributed by atoms with van der Waals surface area (Å²) in [6.45, 7) is 0.869. The van der Waals surface area contributed by atoms with Crippen LogP contribution >= 0.6 is 11.3 Å². The van der Waals surface area contributed by atoms with Crippen LogP contribution in [0.1, 0.15) is 28.9 Å². The van der Waals surface area contributed by atoms with Crippen LogP contribution in [0.4, 0.5) is 0 Å². The van der Waals surface area contributed by atoms with E-state index in [9.17, 15) is 9.90 Å². The van der Waals surface area contributed by atoms with E-state index < -0.39 is 0 Å². The van der Waals surface area contributed by atoms with Crippen molar-refractivity contribution in [3.05, 3.63) is 16.3 Å². The molecule has 1 saturated carbocycles. The molecule has 100 valence electrons. The van der Waals surface area contributed by atoms with Gasteiger partial charge in [0.1, 0.15) is 10.6 Å². The Hall–Kier alpha value is -1.07. The maximum Gasteiger partial charge on any atom is 0.265 e. The van der Waals surface area contributed by atoms with Gasteiger partial charge >= 0.3 is 0 Å². The van der Waals surface area contributed by atoms with E-state index in [1.807, 2.05) is 5.38 Å². The third-order valence-corrected chi connectivity index (χ3v) is 4.53. The predicted octanol–water partition coefficient (Wildman–Crippen LogP) is 1.90. The molecule has 1 aromatic heterocycles. The summed E-state index contributed by atoms with van der Waals surface area (Å²) in [6.07, 6.45) is 3.31. The molecule has 2 rings (SSSR count). The maximum absolute atomic E-state index is 12.0. The van der Waals surface area contributed by atoms with Gasteiger partial charge in [-0.25, -0.2) is 0 Å². The molecule has 1 aromatic rings. The number of aliphatic hydroxyl groups excluding tert-OH is 1. The van der Waals surface area contributed by atoms with Gasteiger partial charge in [-0.15, -0.1) is 11.3 Å². The SMILES string of the molecule is COc1ccsc1C(=O)NCC1CCCC1CO. The van der Waals surface area contributed by atoms with E-state index in [4.69, 9.17) is 4.74 Å². The van der Waals surface area contributed by atoms with Crippen molar-refractivity contribution in [1.82, 2.24) is 5.32 Å². The van der Waals surface area contributed by atoms with Gasteiger partial charge in [0, 0.05) is 13.2 Å². The summed E-state index contributed by atoms with van der Waals surface area (Å²) in [5.74, 6) is 1.30. The normalized spacial score (nSPS) is 23.0. The highest BCUT2D eigenvalue weighted by Crippen LogP contribution is 2.31. The monoisotopic (exact) mass is 269 g/mol. The number of thiophene rings is 1. The Bertz CT molecular complexity index is 405. The Balaban J connectivity index is 1.88. The first-order valence-electron chi connectivity index (χ1n) is 6.26. The van der Waals surface area contributed by atoms with Gasteiger partial charge in [0.15, 0.2) is 0 Å². The average Bonchev–Trinajstić information content (AvgIpc) is 3.03. The summed E-state index contributed by atoms with van der Waals surface area (Å²) in [6, 6.07) is 1.80. The third kappa shape index (κ3) is 2.84. The fourth-order valence-electron chi connectivity index (χ4n) is 2.55. The fourth-order valence-corrected chi connectivity index (χ4v) is 3.33. The van der Waals surface area contributed by atoms with Crippen molar-refractivity contribution >= 4 is 17.2 Å². The van der Waals surface area contributed by atoms with Gasteiger partial charge in [-0.05, 0) is 36.1 Å². The number of ether oxygens (including phenoxy) is 1. The molecule has 4 nitrogen and oxygen atoms in total. The van der Waals surface area contributed by atoms with E-state index >= 15 is 0 Å². The zero-order valence-corrected chi connectivity index (χ0v) is 11.3. The number of nitrogens with one attached hydrogen (secondary N) is 1. The molecule has 1 aliphatic rings. The van der Waals surface area contributed by atoms with Gasteiger partial charge in [-0.3, -0.25) is 4.79 Å². The lowest BCUT2D eigenvalue weighted by atomic mass is 9.97. The van der Waals surface area contributed by atoms with Crippen LogP contribution in [-0.2, 0) is 0 Å². The fraction of sp³-hybridized carbons (Fsp3) is 0.615. The molecule has 2 atom stereocenters. The van der Waals surface area contributed by atoms with Crippen molar-refractivity contribution in [1.29, 1.82) is 0 Å². The Morgan fingerprint density at radius 1 is 1.56 bits per heavy atom. The maximum atomic E-state index is 12.0. The molecular formula is C13H19NO3S. The number of rotatable bonds is 5. The summed E-state index contributed by atoms with van der Waals surface area (Å²) in [5.41, 5.74) is 0. The molecule has 1 fully saturated rings. The molecule has 0 aliphatic heterocycles. The lowest BCUT2D eigenvalue weighted by Crippen LogP contribution is -2.31. The summed E-state index contributed by atoms with van der Waals surface area (Å²) >= 11 is 1.38. The molecule has 1 amide bonds. The Kier molecular flexibility index (Phi) is 4.60. The van der Waals surface area contributed by atoms with Crippen molar-refractivity contribution in [3.8, 4) is 5.75 Å². The second-order valence-electron chi connectivity index (χ2n) is 4.66. The first-order valence-corrected chi connectivity index (χ1v) is 7.14. The van der Waals surface area contributed by atoms with Gasteiger partial charge in [-0.1, -0.05) is 6.42 Å². The molecule has 0 aromatic carbocycles. The molecule has 0 bridgehead atoms. The second-order valence-corrected chi connectivity index (χ2v) is 5.58. The van der Waals surface area contributed by atoms with E-state index in [1.165, 1.54) is 11.3 Å². The largest absolute Gasteiger partial charge is 0.495 e.